The standard InChI is InChI=1S/C11H12N4O/c1-15(8-10-13-6-7-14-10)11(16)9-2-4-12-5-3-9/h2-7H,8H2,1H3,(H,13,14). The van der Waals surface area contributed by atoms with Gasteiger partial charge in [0.15, 0.2) is 0 Å². The molecular weight excluding hydrogens is 204 g/mol. The predicted molar refractivity (Wildman–Crippen MR) is 58.6 cm³/mol. The zero-order valence-electron chi connectivity index (χ0n) is 8.92. The van der Waals surface area contributed by atoms with E-state index in [-0.39, 0.29) is 5.91 Å². The van der Waals surface area contributed by atoms with Gasteiger partial charge in [0.05, 0.1) is 6.54 Å². The molecule has 2 aromatic heterocycles. The van der Waals surface area contributed by atoms with Crippen molar-refractivity contribution in [1.82, 2.24) is 19.9 Å². The highest BCUT2D eigenvalue weighted by molar-refractivity contribution is 5.93. The van der Waals surface area contributed by atoms with E-state index in [1.807, 2.05) is 0 Å². The number of nitrogens with one attached hydrogen (secondary N) is 1. The highest BCUT2D eigenvalue weighted by Crippen LogP contribution is 2.04. The maximum Gasteiger partial charge on any atom is 0.254 e. The van der Waals surface area contributed by atoms with Crippen molar-refractivity contribution < 1.29 is 4.79 Å². The summed E-state index contributed by atoms with van der Waals surface area (Å²) in [5, 5.41) is 0. The molecule has 5 heteroatoms. The van der Waals surface area contributed by atoms with Crippen molar-refractivity contribution >= 4 is 5.91 Å². The first-order valence-electron chi connectivity index (χ1n) is 4.91. The lowest BCUT2D eigenvalue weighted by atomic mass is 10.2. The lowest BCUT2D eigenvalue weighted by Crippen LogP contribution is -2.26. The van der Waals surface area contributed by atoms with Crippen molar-refractivity contribution in [1.29, 1.82) is 0 Å². The maximum atomic E-state index is 11.9. The molecular formula is C11H12N4O. The number of aromatic amines is 1. The average molecular weight is 216 g/mol. The van der Waals surface area contributed by atoms with Gasteiger partial charge < -0.3 is 9.88 Å². The Balaban J connectivity index is 2.05. The Morgan fingerprint density at radius 2 is 2.12 bits per heavy atom. The third kappa shape index (κ3) is 2.25. The lowest BCUT2D eigenvalue weighted by Gasteiger charge is -2.15. The molecule has 0 atom stereocenters. The first-order chi connectivity index (χ1) is 7.77. The van der Waals surface area contributed by atoms with E-state index in [4.69, 9.17) is 0 Å². The molecule has 1 N–H and O–H groups in total. The summed E-state index contributed by atoms with van der Waals surface area (Å²) in [7, 11) is 1.74. The van der Waals surface area contributed by atoms with Gasteiger partial charge in [0.2, 0.25) is 0 Å². The molecule has 1 amide bonds. The lowest BCUT2D eigenvalue weighted by molar-refractivity contribution is 0.0782. The molecule has 0 saturated heterocycles. The van der Waals surface area contributed by atoms with E-state index in [9.17, 15) is 4.79 Å². The fraction of sp³-hybridized carbons (Fsp3) is 0.182. The van der Waals surface area contributed by atoms with Gasteiger partial charge in [-0.3, -0.25) is 9.78 Å². The monoisotopic (exact) mass is 216 g/mol. The molecule has 0 unspecified atom stereocenters. The van der Waals surface area contributed by atoms with Crippen LogP contribution in [0.5, 0.6) is 0 Å². The molecule has 5 nitrogen and oxygen atoms in total. The fourth-order valence-corrected chi connectivity index (χ4v) is 1.40. The first-order valence-corrected chi connectivity index (χ1v) is 4.91. The molecule has 0 aromatic carbocycles. The topological polar surface area (TPSA) is 61.9 Å². The predicted octanol–water partition coefficient (Wildman–Crippen LogP) is 1.08. The van der Waals surface area contributed by atoms with Gasteiger partial charge in [-0.1, -0.05) is 0 Å². The summed E-state index contributed by atoms with van der Waals surface area (Å²) in [5.74, 6) is 0.726. The number of aromatic nitrogens is 3. The smallest absolute Gasteiger partial charge is 0.254 e. The summed E-state index contributed by atoms with van der Waals surface area (Å²) in [6.45, 7) is 0.466. The number of rotatable bonds is 3. The minimum atomic E-state index is -0.0428. The van der Waals surface area contributed by atoms with Crippen LogP contribution in [0.15, 0.2) is 36.9 Å². The van der Waals surface area contributed by atoms with Gasteiger partial charge in [0, 0.05) is 37.4 Å². The summed E-state index contributed by atoms with van der Waals surface area (Å²) < 4.78 is 0. The van der Waals surface area contributed by atoms with Crippen LogP contribution in [-0.2, 0) is 6.54 Å². The number of H-pyrrole nitrogens is 1. The maximum absolute atomic E-state index is 11.9. The number of amides is 1. The summed E-state index contributed by atoms with van der Waals surface area (Å²) in [4.78, 5) is 24.4. The Morgan fingerprint density at radius 3 is 2.75 bits per heavy atom. The minimum Gasteiger partial charge on any atom is -0.347 e. The fourth-order valence-electron chi connectivity index (χ4n) is 1.40. The third-order valence-corrected chi connectivity index (χ3v) is 2.22. The Hall–Kier alpha value is -2.17. The number of nitrogens with zero attached hydrogens (tertiary/aromatic N) is 3. The number of imidazole rings is 1. The Morgan fingerprint density at radius 1 is 1.38 bits per heavy atom. The third-order valence-electron chi connectivity index (χ3n) is 2.22. The second-order valence-electron chi connectivity index (χ2n) is 3.43. The van der Waals surface area contributed by atoms with Crippen molar-refractivity contribution in [3.63, 3.8) is 0 Å². The van der Waals surface area contributed by atoms with E-state index in [0.717, 1.165) is 5.82 Å². The average Bonchev–Trinajstić information content (AvgIpc) is 2.82. The molecule has 0 aliphatic carbocycles. The van der Waals surface area contributed by atoms with Gasteiger partial charge in [-0.2, -0.15) is 0 Å². The molecule has 0 saturated carbocycles. The number of hydrogen-bond acceptors (Lipinski definition) is 3. The molecule has 0 aliphatic heterocycles. The van der Waals surface area contributed by atoms with Crippen LogP contribution >= 0.6 is 0 Å². The summed E-state index contributed by atoms with van der Waals surface area (Å²) in [6.07, 6.45) is 6.61. The van der Waals surface area contributed by atoms with Crippen LogP contribution in [0.3, 0.4) is 0 Å². The molecule has 16 heavy (non-hydrogen) atoms. The van der Waals surface area contributed by atoms with E-state index in [1.54, 1.807) is 48.9 Å². The number of hydrogen-bond donors (Lipinski definition) is 1. The van der Waals surface area contributed by atoms with E-state index in [0.29, 0.717) is 12.1 Å². The van der Waals surface area contributed by atoms with Crippen molar-refractivity contribution in [2.24, 2.45) is 0 Å². The minimum absolute atomic E-state index is 0.0428. The summed E-state index contributed by atoms with van der Waals surface area (Å²) in [5.41, 5.74) is 0.629. The number of carbonyl (C=O) groups is 1. The second-order valence-corrected chi connectivity index (χ2v) is 3.43. The molecule has 0 radical (unpaired) electrons. The Kier molecular flexibility index (Phi) is 2.95. The summed E-state index contributed by atoms with van der Waals surface area (Å²) in [6, 6.07) is 3.39. The normalized spacial score (nSPS) is 10.1. The van der Waals surface area contributed by atoms with Crippen LogP contribution < -0.4 is 0 Å². The Bertz CT molecular complexity index is 452. The van der Waals surface area contributed by atoms with Gasteiger partial charge in [0.1, 0.15) is 5.82 Å². The molecule has 0 bridgehead atoms. The molecule has 0 fully saturated rings. The van der Waals surface area contributed by atoms with Crippen LogP contribution in [0.25, 0.3) is 0 Å². The molecule has 0 spiro atoms. The molecule has 2 heterocycles. The van der Waals surface area contributed by atoms with Gasteiger partial charge in [-0.15, -0.1) is 0 Å². The molecule has 82 valence electrons. The van der Waals surface area contributed by atoms with Gasteiger partial charge >= 0.3 is 0 Å². The van der Waals surface area contributed by atoms with Crippen molar-refractivity contribution in [3.05, 3.63) is 48.3 Å². The quantitative estimate of drug-likeness (QED) is 0.835. The van der Waals surface area contributed by atoms with Crippen LogP contribution in [0.1, 0.15) is 16.2 Å². The van der Waals surface area contributed by atoms with E-state index in [2.05, 4.69) is 15.0 Å². The highest BCUT2D eigenvalue weighted by Gasteiger charge is 2.12. The van der Waals surface area contributed by atoms with Gasteiger partial charge in [-0.25, -0.2) is 4.98 Å². The zero-order chi connectivity index (χ0) is 11.4. The Labute approximate surface area is 93.2 Å². The molecule has 2 aromatic rings. The number of carbonyl (C=O) groups excluding carboxylic acids is 1. The largest absolute Gasteiger partial charge is 0.347 e. The molecule has 0 aliphatic rings. The van der Waals surface area contributed by atoms with Crippen LogP contribution in [0.4, 0.5) is 0 Å². The highest BCUT2D eigenvalue weighted by atomic mass is 16.2. The SMILES string of the molecule is CN(Cc1ncc[nH]1)C(=O)c1ccncc1. The first kappa shape index (κ1) is 10.4. The number of pyridine rings is 1. The van der Waals surface area contributed by atoms with Gasteiger partial charge in [-0.05, 0) is 12.1 Å². The van der Waals surface area contributed by atoms with Crippen molar-refractivity contribution in [2.75, 3.05) is 7.05 Å². The second kappa shape index (κ2) is 4.57. The van der Waals surface area contributed by atoms with E-state index < -0.39 is 0 Å². The zero-order valence-corrected chi connectivity index (χ0v) is 8.92. The van der Waals surface area contributed by atoms with Crippen molar-refractivity contribution in [3.8, 4) is 0 Å². The van der Waals surface area contributed by atoms with E-state index >= 15 is 0 Å². The summed E-state index contributed by atoms with van der Waals surface area (Å²) >= 11 is 0. The van der Waals surface area contributed by atoms with Crippen LogP contribution in [0, 0.1) is 0 Å². The van der Waals surface area contributed by atoms with Gasteiger partial charge in [0.25, 0.3) is 5.91 Å². The van der Waals surface area contributed by atoms with Crippen LogP contribution in [-0.4, -0.2) is 32.8 Å². The molecule has 2 rings (SSSR count). The van der Waals surface area contributed by atoms with E-state index in [1.165, 1.54) is 0 Å². The van der Waals surface area contributed by atoms with Crippen molar-refractivity contribution in [2.45, 2.75) is 6.54 Å². The van der Waals surface area contributed by atoms with Crippen LogP contribution in [0.2, 0.25) is 0 Å².